The van der Waals surface area contributed by atoms with E-state index in [-0.39, 0.29) is 5.54 Å². The van der Waals surface area contributed by atoms with Crippen LogP contribution in [-0.2, 0) is 4.74 Å². The van der Waals surface area contributed by atoms with Crippen LogP contribution in [0.15, 0.2) is 0 Å². The molecule has 0 bridgehead atoms. The molecule has 0 aliphatic carbocycles. The van der Waals surface area contributed by atoms with Crippen molar-refractivity contribution in [3.05, 3.63) is 0 Å². The highest BCUT2D eigenvalue weighted by molar-refractivity contribution is 4.70. The Hall–Kier alpha value is -0.0800. The van der Waals surface area contributed by atoms with Gasteiger partial charge in [-0.25, -0.2) is 0 Å². The van der Waals surface area contributed by atoms with Gasteiger partial charge in [-0.05, 0) is 46.6 Å². The van der Waals surface area contributed by atoms with E-state index >= 15 is 0 Å². The molecule has 1 atom stereocenters. The van der Waals surface area contributed by atoms with Crippen LogP contribution in [0.4, 0.5) is 0 Å². The van der Waals surface area contributed by atoms with Crippen molar-refractivity contribution >= 4 is 0 Å². The summed E-state index contributed by atoms with van der Waals surface area (Å²) in [5.41, 5.74) is 0.243. The zero-order chi connectivity index (χ0) is 11.0. The van der Waals surface area contributed by atoms with Crippen LogP contribution >= 0.6 is 0 Å². The minimum Gasteiger partial charge on any atom is -0.381 e. The van der Waals surface area contributed by atoms with Crippen molar-refractivity contribution in [2.24, 2.45) is 0 Å². The second-order valence-corrected chi connectivity index (χ2v) is 4.97. The number of hydrogen-bond donors (Lipinski definition) is 1. The third-order valence-corrected chi connectivity index (χ3v) is 2.30. The Bertz CT molecular complexity index is 129. The molecule has 1 unspecified atom stereocenters. The van der Waals surface area contributed by atoms with Gasteiger partial charge >= 0.3 is 0 Å². The van der Waals surface area contributed by atoms with Gasteiger partial charge < -0.3 is 10.1 Å². The molecule has 2 nitrogen and oxygen atoms in total. The minimum atomic E-state index is 0.243. The normalized spacial score (nSPS) is 14.4. The molecule has 86 valence electrons. The molecule has 0 radical (unpaired) electrons. The summed E-state index contributed by atoms with van der Waals surface area (Å²) in [4.78, 5) is 0. The van der Waals surface area contributed by atoms with Gasteiger partial charge in [-0.3, -0.25) is 0 Å². The first kappa shape index (κ1) is 13.9. The predicted octanol–water partition coefficient (Wildman–Crippen LogP) is 2.97. The van der Waals surface area contributed by atoms with Crippen LogP contribution in [0.5, 0.6) is 0 Å². The summed E-state index contributed by atoms with van der Waals surface area (Å²) in [6.07, 6.45) is 5.24. The molecule has 0 aromatic carbocycles. The Labute approximate surface area is 89.4 Å². The van der Waals surface area contributed by atoms with Gasteiger partial charge in [0.05, 0.1) is 6.10 Å². The molecule has 14 heavy (non-hydrogen) atoms. The second-order valence-electron chi connectivity index (χ2n) is 4.97. The summed E-state index contributed by atoms with van der Waals surface area (Å²) < 4.78 is 5.40. The van der Waals surface area contributed by atoms with Gasteiger partial charge in [-0.15, -0.1) is 0 Å². The molecule has 2 heteroatoms. The van der Waals surface area contributed by atoms with Crippen LogP contribution in [0.25, 0.3) is 0 Å². The van der Waals surface area contributed by atoms with Gasteiger partial charge in [-0.1, -0.05) is 13.3 Å². The van der Waals surface area contributed by atoms with E-state index in [0.717, 1.165) is 6.54 Å². The molecule has 0 saturated carbocycles. The third kappa shape index (κ3) is 8.52. The van der Waals surface area contributed by atoms with E-state index in [1.165, 1.54) is 25.7 Å². The van der Waals surface area contributed by atoms with E-state index < -0.39 is 0 Å². The standard InChI is InChI=1S/C12H27NO/c1-6-8-11(14-5)9-7-10-13-12(2,3)4/h11,13H,6-10H2,1-5H3. The van der Waals surface area contributed by atoms with Crippen LogP contribution in [0.1, 0.15) is 53.4 Å². The smallest absolute Gasteiger partial charge is 0.0571 e. The maximum absolute atomic E-state index is 5.40. The summed E-state index contributed by atoms with van der Waals surface area (Å²) in [6.45, 7) is 9.90. The fourth-order valence-electron chi connectivity index (χ4n) is 1.50. The number of hydrogen-bond acceptors (Lipinski definition) is 2. The van der Waals surface area contributed by atoms with Gasteiger partial charge in [0, 0.05) is 12.6 Å². The van der Waals surface area contributed by atoms with Crippen LogP contribution in [0, 0.1) is 0 Å². The number of nitrogens with one attached hydrogen (secondary N) is 1. The van der Waals surface area contributed by atoms with Crippen molar-refractivity contribution in [1.82, 2.24) is 5.32 Å². The molecule has 0 fully saturated rings. The van der Waals surface area contributed by atoms with Crippen LogP contribution in [0.3, 0.4) is 0 Å². The highest BCUT2D eigenvalue weighted by Crippen LogP contribution is 2.08. The lowest BCUT2D eigenvalue weighted by Gasteiger charge is -2.21. The highest BCUT2D eigenvalue weighted by atomic mass is 16.5. The van der Waals surface area contributed by atoms with Crippen LogP contribution < -0.4 is 5.32 Å². The number of ether oxygens (including phenoxy) is 1. The summed E-state index contributed by atoms with van der Waals surface area (Å²) in [5, 5.41) is 3.49. The quantitative estimate of drug-likeness (QED) is 0.639. The zero-order valence-electron chi connectivity index (χ0n) is 10.5. The average molecular weight is 201 g/mol. The van der Waals surface area contributed by atoms with Crippen molar-refractivity contribution in [3.8, 4) is 0 Å². The largest absolute Gasteiger partial charge is 0.381 e. The molecule has 0 aromatic rings. The number of methoxy groups -OCH3 is 1. The van der Waals surface area contributed by atoms with Gasteiger partial charge in [0.2, 0.25) is 0 Å². The Balaban J connectivity index is 3.42. The monoisotopic (exact) mass is 201 g/mol. The zero-order valence-corrected chi connectivity index (χ0v) is 10.5. The molecular formula is C12H27NO. The molecule has 0 saturated heterocycles. The Morgan fingerprint density at radius 2 is 1.86 bits per heavy atom. The molecule has 0 spiro atoms. The van der Waals surface area contributed by atoms with Crippen molar-refractivity contribution in [3.63, 3.8) is 0 Å². The fraction of sp³-hybridized carbons (Fsp3) is 1.00. The average Bonchev–Trinajstić information content (AvgIpc) is 2.08. The third-order valence-electron chi connectivity index (χ3n) is 2.30. The van der Waals surface area contributed by atoms with Gasteiger partial charge in [0.15, 0.2) is 0 Å². The molecule has 1 N–H and O–H groups in total. The predicted molar refractivity (Wildman–Crippen MR) is 62.7 cm³/mol. The van der Waals surface area contributed by atoms with Crippen molar-refractivity contribution in [2.75, 3.05) is 13.7 Å². The van der Waals surface area contributed by atoms with E-state index in [0.29, 0.717) is 6.10 Å². The maximum Gasteiger partial charge on any atom is 0.0571 e. The molecule has 0 aliphatic rings. The summed E-state index contributed by atoms with van der Waals surface area (Å²) in [6, 6.07) is 0. The molecule has 0 amide bonds. The SMILES string of the molecule is CCCC(CCCNC(C)(C)C)OC. The van der Waals surface area contributed by atoms with Gasteiger partial charge in [0.25, 0.3) is 0 Å². The Morgan fingerprint density at radius 3 is 2.29 bits per heavy atom. The van der Waals surface area contributed by atoms with Gasteiger partial charge in [0.1, 0.15) is 0 Å². The molecule has 0 rings (SSSR count). The molecule has 0 aliphatic heterocycles. The topological polar surface area (TPSA) is 21.3 Å². The first-order chi connectivity index (χ1) is 6.49. The Morgan fingerprint density at radius 1 is 1.21 bits per heavy atom. The molecule has 0 heterocycles. The second kappa shape index (κ2) is 7.24. The summed E-state index contributed by atoms with van der Waals surface area (Å²) >= 11 is 0. The van der Waals surface area contributed by atoms with E-state index in [2.05, 4.69) is 33.0 Å². The maximum atomic E-state index is 5.40. The lowest BCUT2D eigenvalue weighted by atomic mass is 10.1. The lowest BCUT2D eigenvalue weighted by Crippen LogP contribution is -2.36. The number of rotatable bonds is 7. The van der Waals surface area contributed by atoms with Crippen LogP contribution in [-0.4, -0.2) is 25.3 Å². The Kier molecular flexibility index (Phi) is 7.20. The summed E-state index contributed by atoms with van der Waals surface area (Å²) in [7, 11) is 1.82. The minimum absolute atomic E-state index is 0.243. The lowest BCUT2D eigenvalue weighted by molar-refractivity contribution is 0.0852. The molecule has 0 aromatic heterocycles. The first-order valence-corrected chi connectivity index (χ1v) is 5.77. The fourth-order valence-corrected chi connectivity index (χ4v) is 1.50. The van der Waals surface area contributed by atoms with E-state index in [1.54, 1.807) is 0 Å². The van der Waals surface area contributed by atoms with Crippen LogP contribution in [0.2, 0.25) is 0 Å². The van der Waals surface area contributed by atoms with Crippen molar-refractivity contribution in [1.29, 1.82) is 0 Å². The van der Waals surface area contributed by atoms with Crippen molar-refractivity contribution in [2.45, 2.75) is 65.0 Å². The van der Waals surface area contributed by atoms with Gasteiger partial charge in [-0.2, -0.15) is 0 Å². The van der Waals surface area contributed by atoms with E-state index in [9.17, 15) is 0 Å². The highest BCUT2D eigenvalue weighted by Gasteiger charge is 2.09. The van der Waals surface area contributed by atoms with E-state index in [4.69, 9.17) is 4.74 Å². The molecular weight excluding hydrogens is 174 g/mol. The summed E-state index contributed by atoms with van der Waals surface area (Å²) in [5.74, 6) is 0. The first-order valence-electron chi connectivity index (χ1n) is 5.77. The van der Waals surface area contributed by atoms with Crippen molar-refractivity contribution < 1.29 is 4.74 Å². The van der Waals surface area contributed by atoms with E-state index in [1.807, 2.05) is 7.11 Å².